The molecule has 1 N–H and O–H groups in total. The molecule has 1 aromatic carbocycles. The third-order valence-corrected chi connectivity index (χ3v) is 4.95. The predicted octanol–water partition coefficient (Wildman–Crippen LogP) is 5.93. The number of rotatable bonds is 5. The zero-order valence-corrected chi connectivity index (χ0v) is 18.9. The second-order valence-electron chi connectivity index (χ2n) is 8.34. The highest BCUT2D eigenvalue weighted by Gasteiger charge is 2.17. The molecule has 1 amide bonds. The number of amides is 1. The number of alkyl carbamates (subject to hydrolysis) is 1. The second-order valence-corrected chi connectivity index (χ2v) is 8.58. The Bertz CT molecular complexity index is 1260. The molecule has 0 saturated heterocycles. The Morgan fingerprint density at radius 2 is 1.91 bits per heavy atom. The molecule has 0 aliphatic rings. The summed E-state index contributed by atoms with van der Waals surface area (Å²) in [5.74, 6) is 0.627. The number of ether oxygens (including phenoxy) is 1. The number of pyridine rings is 2. The standard InChI is InChI=1S/C25H23N3O3S/c1-25(2,3)31-24(29)28-14-20-11-19-10-18(22-5-4-16(15-32)13-27-22)12-21(23(19)30-20)17-6-8-26-9-7-17/h4-13,15H,14H2,1-3H3,(H,28,29). The number of carbonyl (C=O) groups excluding carboxylic acids is 1. The molecule has 0 fully saturated rings. The fourth-order valence-corrected chi connectivity index (χ4v) is 3.45. The average Bonchev–Trinajstić information content (AvgIpc) is 3.19. The lowest BCUT2D eigenvalue weighted by Gasteiger charge is -2.19. The summed E-state index contributed by atoms with van der Waals surface area (Å²) in [7, 11) is 0. The molecule has 0 unspecified atom stereocenters. The molecule has 3 heterocycles. The summed E-state index contributed by atoms with van der Waals surface area (Å²) in [6.45, 7) is 5.69. The summed E-state index contributed by atoms with van der Waals surface area (Å²) in [5.41, 5.74) is 4.74. The Balaban J connectivity index is 1.72. The van der Waals surface area contributed by atoms with E-state index in [0.717, 1.165) is 38.9 Å². The smallest absolute Gasteiger partial charge is 0.408 e. The van der Waals surface area contributed by atoms with Crippen LogP contribution in [0.15, 0.2) is 65.5 Å². The lowest BCUT2D eigenvalue weighted by atomic mass is 9.99. The monoisotopic (exact) mass is 445 g/mol. The summed E-state index contributed by atoms with van der Waals surface area (Å²) in [4.78, 5) is 20.7. The highest BCUT2D eigenvalue weighted by atomic mass is 32.1. The van der Waals surface area contributed by atoms with Crippen LogP contribution in [0.4, 0.5) is 4.79 Å². The minimum Gasteiger partial charge on any atom is -0.459 e. The van der Waals surface area contributed by atoms with Gasteiger partial charge in [0.15, 0.2) is 0 Å². The number of nitrogens with zero attached hydrogens (tertiary/aromatic N) is 2. The SMILES string of the molecule is CC(C)(C)OC(=O)NCc1cc2cc(-c3ccc(C=S)cn3)cc(-c3ccncc3)c2o1. The van der Waals surface area contributed by atoms with Gasteiger partial charge in [0.05, 0.1) is 12.2 Å². The number of furan rings is 1. The fraction of sp³-hybridized carbons (Fsp3) is 0.200. The number of thiocarbonyl (C=S) groups is 1. The number of benzene rings is 1. The van der Waals surface area contributed by atoms with Crippen molar-refractivity contribution in [2.75, 3.05) is 0 Å². The second kappa shape index (κ2) is 8.88. The van der Waals surface area contributed by atoms with Crippen LogP contribution in [0.5, 0.6) is 0 Å². The van der Waals surface area contributed by atoms with Crippen LogP contribution in [0.25, 0.3) is 33.4 Å². The van der Waals surface area contributed by atoms with E-state index in [9.17, 15) is 4.79 Å². The van der Waals surface area contributed by atoms with Crippen molar-refractivity contribution in [2.45, 2.75) is 32.9 Å². The Morgan fingerprint density at radius 3 is 2.56 bits per heavy atom. The number of carbonyl (C=O) groups is 1. The molecule has 162 valence electrons. The van der Waals surface area contributed by atoms with Crippen molar-refractivity contribution < 1.29 is 13.9 Å². The molecule has 0 radical (unpaired) electrons. The lowest BCUT2D eigenvalue weighted by Crippen LogP contribution is -2.32. The molecule has 0 aliphatic carbocycles. The molecular weight excluding hydrogens is 422 g/mol. The van der Waals surface area contributed by atoms with E-state index in [2.05, 4.69) is 15.3 Å². The third-order valence-electron chi connectivity index (χ3n) is 4.68. The van der Waals surface area contributed by atoms with Gasteiger partial charge in [-0.3, -0.25) is 9.97 Å². The van der Waals surface area contributed by atoms with Gasteiger partial charge in [-0.15, -0.1) is 0 Å². The maximum atomic E-state index is 12.0. The van der Waals surface area contributed by atoms with Crippen LogP contribution in [0.2, 0.25) is 0 Å². The first-order chi connectivity index (χ1) is 15.3. The molecule has 0 bridgehead atoms. The van der Waals surface area contributed by atoms with Crippen LogP contribution in [-0.2, 0) is 11.3 Å². The van der Waals surface area contributed by atoms with E-state index < -0.39 is 11.7 Å². The van der Waals surface area contributed by atoms with Crippen molar-refractivity contribution in [1.29, 1.82) is 0 Å². The Morgan fingerprint density at radius 1 is 1.12 bits per heavy atom. The first-order valence-electron chi connectivity index (χ1n) is 10.2. The molecular formula is C25H23N3O3S. The van der Waals surface area contributed by atoms with Crippen LogP contribution in [0.1, 0.15) is 32.1 Å². The molecule has 0 spiro atoms. The minimum atomic E-state index is -0.563. The van der Waals surface area contributed by atoms with E-state index in [0.29, 0.717) is 5.76 Å². The molecule has 4 rings (SSSR count). The predicted molar refractivity (Wildman–Crippen MR) is 129 cm³/mol. The summed E-state index contributed by atoms with van der Waals surface area (Å²) >= 11 is 4.98. The number of aromatic nitrogens is 2. The first kappa shape index (κ1) is 21.6. The summed E-state index contributed by atoms with van der Waals surface area (Å²) in [5, 5.41) is 5.26. The van der Waals surface area contributed by atoms with E-state index in [-0.39, 0.29) is 6.54 Å². The van der Waals surface area contributed by atoms with Crippen LogP contribution in [-0.4, -0.2) is 27.0 Å². The van der Waals surface area contributed by atoms with Crippen molar-refractivity contribution >= 4 is 34.6 Å². The molecule has 0 saturated carbocycles. The van der Waals surface area contributed by atoms with Gasteiger partial charge in [-0.25, -0.2) is 4.79 Å². The van der Waals surface area contributed by atoms with Gasteiger partial charge in [0.2, 0.25) is 0 Å². The summed E-state index contributed by atoms with van der Waals surface area (Å²) in [6.07, 6.45) is 4.75. The van der Waals surface area contributed by atoms with Crippen LogP contribution in [0, 0.1) is 0 Å². The largest absolute Gasteiger partial charge is 0.459 e. The molecule has 0 atom stereocenters. The Labute approximate surface area is 191 Å². The third kappa shape index (κ3) is 5.00. The lowest BCUT2D eigenvalue weighted by molar-refractivity contribution is 0.0520. The number of nitrogens with one attached hydrogen (secondary N) is 1. The zero-order chi connectivity index (χ0) is 22.7. The van der Waals surface area contributed by atoms with E-state index in [1.54, 1.807) is 24.0 Å². The molecule has 7 heteroatoms. The van der Waals surface area contributed by atoms with Crippen LogP contribution in [0.3, 0.4) is 0 Å². The maximum Gasteiger partial charge on any atom is 0.408 e. The number of fused-ring (bicyclic) bond motifs is 1. The van der Waals surface area contributed by atoms with Gasteiger partial charge in [0, 0.05) is 46.0 Å². The van der Waals surface area contributed by atoms with Crippen molar-refractivity contribution in [1.82, 2.24) is 15.3 Å². The minimum absolute atomic E-state index is 0.219. The highest BCUT2D eigenvalue weighted by Crippen LogP contribution is 2.35. The van der Waals surface area contributed by atoms with Crippen molar-refractivity contribution in [3.8, 4) is 22.4 Å². The summed E-state index contributed by atoms with van der Waals surface area (Å²) < 4.78 is 11.4. The molecule has 4 aromatic rings. The highest BCUT2D eigenvalue weighted by molar-refractivity contribution is 7.79. The van der Waals surface area contributed by atoms with E-state index in [4.69, 9.17) is 21.4 Å². The van der Waals surface area contributed by atoms with E-state index in [1.165, 1.54) is 0 Å². The molecule has 3 aromatic heterocycles. The van der Waals surface area contributed by atoms with Crippen molar-refractivity contribution in [2.24, 2.45) is 0 Å². The zero-order valence-electron chi connectivity index (χ0n) is 18.1. The Hall–Kier alpha value is -3.58. The van der Waals surface area contributed by atoms with E-state index >= 15 is 0 Å². The topological polar surface area (TPSA) is 77.2 Å². The van der Waals surface area contributed by atoms with E-state index in [1.807, 2.05) is 63.2 Å². The Kier molecular flexibility index (Phi) is 6.01. The molecule has 6 nitrogen and oxygen atoms in total. The molecule has 32 heavy (non-hydrogen) atoms. The summed E-state index contributed by atoms with van der Waals surface area (Å²) in [6, 6.07) is 13.8. The average molecular weight is 446 g/mol. The van der Waals surface area contributed by atoms with Crippen LogP contribution < -0.4 is 5.32 Å². The van der Waals surface area contributed by atoms with Gasteiger partial charge >= 0.3 is 6.09 Å². The van der Waals surface area contributed by atoms with Crippen LogP contribution >= 0.6 is 12.2 Å². The van der Waals surface area contributed by atoms with Gasteiger partial charge < -0.3 is 14.5 Å². The number of hydrogen-bond donors (Lipinski definition) is 1. The van der Waals surface area contributed by atoms with Crippen molar-refractivity contribution in [3.05, 3.63) is 72.4 Å². The van der Waals surface area contributed by atoms with Gasteiger partial charge in [0.25, 0.3) is 0 Å². The normalized spacial score (nSPS) is 11.3. The molecule has 0 aliphatic heterocycles. The fourth-order valence-electron chi connectivity index (χ4n) is 3.31. The number of hydrogen-bond acceptors (Lipinski definition) is 6. The van der Waals surface area contributed by atoms with Gasteiger partial charge in [-0.05, 0) is 62.7 Å². The maximum absolute atomic E-state index is 12.0. The van der Waals surface area contributed by atoms with Gasteiger partial charge in [0.1, 0.15) is 16.9 Å². The van der Waals surface area contributed by atoms with Crippen molar-refractivity contribution in [3.63, 3.8) is 0 Å². The van der Waals surface area contributed by atoms with Gasteiger partial charge in [-0.1, -0.05) is 18.3 Å². The quantitative estimate of drug-likeness (QED) is 0.384. The van der Waals surface area contributed by atoms with Gasteiger partial charge in [-0.2, -0.15) is 0 Å². The first-order valence-corrected chi connectivity index (χ1v) is 10.6.